The van der Waals surface area contributed by atoms with Gasteiger partial charge in [0.2, 0.25) is 5.13 Å². The summed E-state index contributed by atoms with van der Waals surface area (Å²) in [6, 6.07) is 6.95. The van der Waals surface area contributed by atoms with E-state index < -0.39 is 0 Å². The molecule has 1 amide bonds. The van der Waals surface area contributed by atoms with E-state index in [0.717, 1.165) is 15.7 Å². The van der Waals surface area contributed by atoms with E-state index in [2.05, 4.69) is 32.3 Å². The number of anilines is 1. The zero-order valence-electron chi connectivity index (χ0n) is 13.3. The topological polar surface area (TPSA) is 104 Å². The molecule has 0 unspecified atom stereocenters. The number of phenolic OH excluding ortho intramolecular Hbond substituents is 1. The monoisotopic (exact) mass is 373 g/mol. The van der Waals surface area contributed by atoms with Crippen LogP contribution in [0.3, 0.4) is 0 Å². The number of nitrogens with zero attached hydrogens (tertiary/aromatic N) is 3. The van der Waals surface area contributed by atoms with Gasteiger partial charge in [0.1, 0.15) is 11.4 Å². The molecule has 2 aromatic heterocycles. The Bertz CT molecular complexity index is 919. The number of H-pyrrole nitrogens is 1. The fourth-order valence-corrected chi connectivity index (χ4v) is 3.56. The van der Waals surface area contributed by atoms with E-state index >= 15 is 0 Å². The number of carbonyl (C=O) groups is 1. The Hall–Kier alpha value is -2.65. The molecule has 3 rings (SSSR count). The Morgan fingerprint density at radius 1 is 1.48 bits per heavy atom. The van der Waals surface area contributed by atoms with Gasteiger partial charge in [-0.3, -0.25) is 15.2 Å². The fourth-order valence-electron chi connectivity index (χ4n) is 2.05. The molecule has 7 nitrogen and oxygen atoms in total. The van der Waals surface area contributed by atoms with Crippen LogP contribution in [-0.4, -0.2) is 37.2 Å². The van der Waals surface area contributed by atoms with Gasteiger partial charge in [0.25, 0.3) is 5.91 Å². The molecule has 2 heterocycles. The first-order valence-electron chi connectivity index (χ1n) is 7.31. The molecule has 25 heavy (non-hydrogen) atoms. The number of phenols is 1. The van der Waals surface area contributed by atoms with Gasteiger partial charge in [-0.25, -0.2) is 0 Å². The van der Waals surface area contributed by atoms with Crippen LogP contribution in [-0.2, 0) is 0 Å². The highest BCUT2D eigenvalue weighted by atomic mass is 32.2. The molecule has 0 spiro atoms. The van der Waals surface area contributed by atoms with Crippen LogP contribution in [0.4, 0.5) is 5.13 Å². The first kappa shape index (κ1) is 17.2. The van der Waals surface area contributed by atoms with Crippen molar-refractivity contribution >= 4 is 34.1 Å². The lowest BCUT2D eigenvalue weighted by molar-refractivity contribution is 0.102. The van der Waals surface area contributed by atoms with Crippen LogP contribution >= 0.6 is 23.1 Å². The molecular weight excluding hydrogens is 358 g/mol. The van der Waals surface area contributed by atoms with Gasteiger partial charge in [0.15, 0.2) is 4.34 Å². The molecule has 0 atom stereocenters. The first-order chi connectivity index (χ1) is 12.1. The third-order valence-corrected chi connectivity index (χ3v) is 5.26. The summed E-state index contributed by atoms with van der Waals surface area (Å²) >= 11 is 2.79. The number of benzene rings is 1. The summed E-state index contributed by atoms with van der Waals surface area (Å²) in [7, 11) is 0. The minimum Gasteiger partial charge on any atom is -0.507 e. The van der Waals surface area contributed by atoms with Crippen LogP contribution in [0.15, 0.2) is 41.3 Å². The fraction of sp³-hybridized carbons (Fsp3) is 0.125. The number of hydrogen-bond donors (Lipinski definition) is 3. The molecular formula is C16H15N5O2S2. The largest absolute Gasteiger partial charge is 0.507 e. The summed E-state index contributed by atoms with van der Waals surface area (Å²) in [5.74, 6) is 0.503. The van der Waals surface area contributed by atoms with Crippen LogP contribution < -0.4 is 5.32 Å². The minimum atomic E-state index is -0.373. The van der Waals surface area contributed by atoms with Crippen molar-refractivity contribution in [1.29, 1.82) is 0 Å². The van der Waals surface area contributed by atoms with Crippen molar-refractivity contribution in [3.63, 3.8) is 0 Å². The standard InChI is InChI=1S/C16H15N5O2S2/c1-3-7-24-16-21-20-15(25-16)17-14(23)12-8-11(18-19-12)10-6-4-5-9(2)13(10)22/h3-6,8,22H,1,7H2,2H3,(H,18,19)(H,17,20,23). The second kappa shape index (κ2) is 7.49. The lowest BCUT2D eigenvalue weighted by atomic mass is 10.1. The highest BCUT2D eigenvalue weighted by Gasteiger charge is 2.16. The van der Waals surface area contributed by atoms with Crippen molar-refractivity contribution in [2.24, 2.45) is 0 Å². The Morgan fingerprint density at radius 3 is 3.12 bits per heavy atom. The second-order valence-electron chi connectivity index (χ2n) is 5.06. The summed E-state index contributed by atoms with van der Waals surface area (Å²) < 4.78 is 0.755. The number of nitrogens with one attached hydrogen (secondary N) is 2. The van der Waals surface area contributed by atoms with E-state index in [1.54, 1.807) is 31.2 Å². The Kier molecular flexibility index (Phi) is 5.15. The molecule has 0 aliphatic rings. The first-order valence-corrected chi connectivity index (χ1v) is 9.11. The van der Waals surface area contributed by atoms with E-state index in [-0.39, 0.29) is 17.4 Å². The third kappa shape index (κ3) is 3.89. The van der Waals surface area contributed by atoms with Crippen molar-refractivity contribution in [1.82, 2.24) is 20.4 Å². The average molecular weight is 373 g/mol. The smallest absolute Gasteiger partial charge is 0.275 e. The summed E-state index contributed by atoms with van der Waals surface area (Å²) in [5.41, 5.74) is 2.07. The number of amides is 1. The van der Waals surface area contributed by atoms with Gasteiger partial charge in [-0.05, 0) is 24.6 Å². The number of aryl methyl sites for hydroxylation is 1. The van der Waals surface area contributed by atoms with Gasteiger partial charge in [-0.1, -0.05) is 41.3 Å². The van der Waals surface area contributed by atoms with Crippen molar-refractivity contribution < 1.29 is 9.90 Å². The predicted molar refractivity (Wildman–Crippen MR) is 99.2 cm³/mol. The number of aromatic hydroxyl groups is 1. The number of carbonyl (C=O) groups excluding carboxylic acids is 1. The third-order valence-electron chi connectivity index (χ3n) is 3.29. The van der Waals surface area contributed by atoms with Crippen LogP contribution in [0.1, 0.15) is 16.1 Å². The maximum absolute atomic E-state index is 12.3. The van der Waals surface area contributed by atoms with Crippen molar-refractivity contribution in [3.8, 4) is 17.0 Å². The van der Waals surface area contributed by atoms with Gasteiger partial charge >= 0.3 is 0 Å². The Balaban J connectivity index is 1.73. The number of hydrogen-bond acceptors (Lipinski definition) is 7. The Morgan fingerprint density at radius 2 is 2.32 bits per heavy atom. The molecule has 9 heteroatoms. The molecule has 3 aromatic rings. The van der Waals surface area contributed by atoms with E-state index in [4.69, 9.17) is 0 Å². The predicted octanol–water partition coefficient (Wildman–Crippen LogP) is 3.47. The molecule has 0 saturated carbocycles. The molecule has 0 saturated heterocycles. The SMILES string of the molecule is C=CCSc1nnc(NC(=O)c2cc(-c3cccc(C)c3O)n[nH]2)s1. The lowest BCUT2D eigenvalue weighted by Crippen LogP contribution is -2.12. The number of aromatic amines is 1. The van der Waals surface area contributed by atoms with Gasteiger partial charge in [-0.15, -0.1) is 16.8 Å². The van der Waals surface area contributed by atoms with Gasteiger partial charge in [0, 0.05) is 11.3 Å². The van der Waals surface area contributed by atoms with Crippen LogP contribution in [0, 0.1) is 6.92 Å². The lowest BCUT2D eigenvalue weighted by Gasteiger charge is -2.03. The number of para-hydroxylation sites is 1. The maximum Gasteiger partial charge on any atom is 0.275 e. The van der Waals surface area contributed by atoms with Crippen molar-refractivity contribution in [2.75, 3.05) is 11.1 Å². The molecule has 0 fully saturated rings. The van der Waals surface area contributed by atoms with Crippen LogP contribution in [0.2, 0.25) is 0 Å². The molecule has 0 aliphatic heterocycles. The molecule has 0 radical (unpaired) electrons. The van der Waals surface area contributed by atoms with Crippen molar-refractivity contribution in [3.05, 3.63) is 48.2 Å². The summed E-state index contributed by atoms with van der Waals surface area (Å²) in [5, 5.41) is 27.9. The van der Waals surface area contributed by atoms with Crippen molar-refractivity contribution in [2.45, 2.75) is 11.3 Å². The molecule has 3 N–H and O–H groups in total. The zero-order valence-corrected chi connectivity index (χ0v) is 14.9. The number of thioether (sulfide) groups is 1. The molecule has 128 valence electrons. The highest BCUT2D eigenvalue weighted by Crippen LogP contribution is 2.31. The molecule has 0 aliphatic carbocycles. The number of aromatic nitrogens is 4. The second-order valence-corrected chi connectivity index (χ2v) is 7.31. The quantitative estimate of drug-likeness (QED) is 0.347. The summed E-state index contributed by atoms with van der Waals surface area (Å²) in [4.78, 5) is 12.3. The van der Waals surface area contributed by atoms with E-state index in [1.807, 2.05) is 6.07 Å². The van der Waals surface area contributed by atoms with Crippen LogP contribution in [0.5, 0.6) is 5.75 Å². The Labute approximate surface area is 152 Å². The van der Waals surface area contributed by atoms with Crippen LogP contribution in [0.25, 0.3) is 11.3 Å². The normalized spacial score (nSPS) is 10.6. The highest BCUT2D eigenvalue weighted by molar-refractivity contribution is 8.01. The van der Waals surface area contributed by atoms with E-state index in [9.17, 15) is 9.90 Å². The van der Waals surface area contributed by atoms with E-state index in [1.165, 1.54) is 23.1 Å². The molecule has 0 bridgehead atoms. The minimum absolute atomic E-state index is 0.147. The number of rotatable bonds is 6. The van der Waals surface area contributed by atoms with Gasteiger partial charge in [0.05, 0.1) is 5.69 Å². The van der Waals surface area contributed by atoms with Gasteiger partial charge < -0.3 is 5.11 Å². The average Bonchev–Trinajstić information content (AvgIpc) is 3.25. The summed E-state index contributed by atoms with van der Waals surface area (Å²) in [6.07, 6.45) is 1.77. The van der Waals surface area contributed by atoms with E-state index in [0.29, 0.717) is 16.4 Å². The summed E-state index contributed by atoms with van der Waals surface area (Å²) in [6.45, 7) is 5.45. The van der Waals surface area contributed by atoms with Gasteiger partial charge in [-0.2, -0.15) is 5.10 Å². The zero-order chi connectivity index (χ0) is 17.8. The maximum atomic E-state index is 12.3. The molecule has 1 aromatic carbocycles.